The average Bonchev–Trinajstić information content (AvgIpc) is 2.65. The Morgan fingerprint density at radius 2 is 1.56 bits per heavy atom. The minimum absolute atomic E-state index is 0.0579. The zero-order valence-corrected chi connectivity index (χ0v) is 14.5. The summed E-state index contributed by atoms with van der Waals surface area (Å²) >= 11 is 0. The van der Waals surface area contributed by atoms with E-state index in [0.717, 1.165) is 17.5 Å². The number of para-hydroxylation sites is 1. The zero-order valence-electron chi connectivity index (χ0n) is 14.5. The number of benzene rings is 2. The van der Waals surface area contributed by atoms with E-state index in [4.69, 9.17) is 4.74 Å². The first kappa shape index (κ1) is 18.5. The number of carbonyl (C=O) groups excluding carboxylic acids is 2. The number of hydrogen-bond donors (Lipinski definition) is 2. The molecule has 2 N–H and O–H groups in total. The minimum atomic E-state index is -0.244. The molecule has 0 radical (unpaired) electrons. The van der Waals surface area contributed by atoms with E-state index in [1.54, 1.807) is 0 Å². The van der Waals surface area contributed by atoms with Gasteiger partial charge in [0.05, 0.1) is 0 Å². The van der Waals surface area contributed by atoms with Crippen LogP contribution in [0.4, 0.5) is 0 Å². The van der Waals surface area contributed by atoms with Crippen LogP contribution in [0.25, 0.3) is 11.1 Å². The lowest BCUT2D eigenvalue weighted by atomic mass is 10.1. The molecule has 0 saturated carbocycles. The summed E-state index contributed by atoms with van der Waals surface area (Å²) in [6.45, 7) is 2.87. The minimum Gasteiger partial charge on any atom is -0.483 e. The van der Waals surface area contributed by atoms with Gasteiger partial charge in [-0.3, -0.25) is 9.59 Å². The summed E-state index contributed by atoms with van der Waals surface area (Å²) in [6, 6.07) is 17.5. The Labute approximate surface area is 148 Å². The average molecular weight is 340 g/mol. The monoisotopic (exact) mass is 340 g/mol. The maximum atomic E-state index is 11.9. The first-order valence-corrected chi connectivity index (χ1v) is 8.51. The Bertz CT molecular complexity index is 686. The normalized spacial score (nSPS) is 10.1. The molecule has 2 aromatic rings. The largest absolute Gasteiger partial charge is 0.483 e. The molecule has 0 atom stereocenters. The standard InChI is InChI=1S/C20H24N2O3/c1-2-13-21-19(23)12-14-22-20(24)15-25-18-11-7-6-10-17(18)16-8-4-3-5-9-16/h3-11H,2,12-15H2,1H3,(H,21,23)(H,22,24). The number of hydrogen-bond acceptors (Lipinski definition) is 3. The fourth-order valence-electron chi connectivity index (χ4n) is 2.31. The van der Waals surface area contributed by atoms with E-state index in [2.05, 4.69) is 10.6 Å². The van der Waals surface area contributed by atoms with Gasteiger partial charge in [0.25, 0.3) is 5.91 Å². The predicted molar refractivity (Wildman–Crippen MR) is 98.3 cm³/mol. The summed E-state index contributed by atoms with van der Waals surface area (Å²) in [5, 5.41) is 5.46. The number of ether oxygens (including phenoxy) is 1. The molecule has 0 heterocycles. The molecular formula is C20H24N2O3. The van der Waals surface area contributed by atoms with E-state index < -0.39 is 0 Å². The van der Waals surface area contributed by atoms with Crippen LogP contribution in [0.5, 0.6) is 5.75 Å². The van der Waals surface area contributed by atoms with Gasteiger partial charge >= 0.3 is 0 Å². The third-order valence-electron chi connectivity index (χ3n) is 3.58. The molecule has 0 aliphatic rings. The lowest BCUT2D eigenvalue weighted by molar-refractivity contribution is -0.123. The van der Waals surface area contributed by atoms with Gasteiger partial charge in [-0.05, 0) is 18.1 Å². The van der Waals surface area contributed by atoms with Gasteiger partial charge in [0, 0.05) is 25.1 Å². The summed E-state index contributed by atoms with van der Waals surface area (Å²) in [7, 11) is 0. The SMILES string of the molecule is CCCNC(=O)CCNC(=O)COc1ccccc1-c1ccccc1. The van der Waals surface area contributed by atoms with Gasteiger partial charge in [-0.2, -0.15) is 0 Å². The number of rotatable bonds is 9. The Hall–Kier alpha value is -2.82. The highest BCUT2D eigenvalue weighted by atomic mass is 16.5. The molecule has 0 fully saturated rings. The molecule has 0 aliphatic carbocycles. The third-order valence-corrected chi connectivity index (χ3v) is 3.58. The highest BCUT2D eigenvalue weighted by Crippen LogP contribution is 2.29. The summed E-state index contributed by atoms with van der Waals surface area (Å²) in [5.41, 5.74) is 1.97. The van der Waals surface area contributed by atoms with Crippen LogP contribution in [0.3, 0.4) is 0 Å². The van der Waals surface area contributed by atoms with Crippen molar-refractivity contribution in [2.24, 2.45) is 0 Å². The fourth-order valence-corrected chi connectivity index (χ4v) is 2.31. The number of amides is 2. The summed E-state index contributed by atoms with van der Waals surface area (Å²) < 4.78 is 5.66. The summed E-state index contributed by atoms with van der Waals surface area (Å²) in [6.07, 6.45) is 1.17. The van der Waals surface area contributed by atoms with E-state index in [9.17, 15) is 9.59 Å². The lowest BCUT2D eigenvalue weighted by Crippen LogP contribution is -2.33. The maximum absolute atomic E-state index is 11.9. The molecule has 0 bridgehead atoms. The van der Waals surface area contributed by atoms with Crippen molar-refractivity contribution >= 4 is 11.8 Å². The van der Waals surface area contributed by atoms with Gasteiger partial charge in [-0.15, -0.1) is 0 Å². The van der Waals surface area contributed by atoms with Crippen LogP contribution < -0.4 is 15.4 Å². The van der Waals surface area contributed by atoms with Gasteiger partial charge < -0.3 is 15.4 Å². The quantitative estimate of drug-likeness (QED) is 0.737. The van der Waals surface area contributed by atoms with Crippen molar-refractivity contribution in [3.8, 4) is 16.9 Å². The molecular weight excluding hydrogens is 316 g/mol. The second-order valence-electron chi connectivity index (χ2n) is 5.60. The summed E-state index contributed by atoms with van der Waals surface area (Å²) in [4.78, 5) is 23.4. The van der Waals surface area contributed by atoms with E-state index in [0.29, 0.717) is 18.8 Å². The molecule has 5 heteroatoms. The van der Waals surface area contributed by atoms with Gasteiger partial charge in [0.1, 0.15) is 5.75 Å². The highest BCUT2D eigenvalue weighted by Gasteiger charge is 2.08. The van der Waals surface area contributed by atoms with Crippen LogP contribution in [0.1, 0.15) is 19.8 Å². The van der Waals surface area contributed by atoms with Crippen LogP contribution in [0, 0.1) is 0 Å². The van der Waals surface area contributed by atoms with Gasteiger partial charge in [0.2, 0.25) is 5.91 Å². The molecule has 0 aromatic heterocycles. The number of carbonyl (C=O) groups is 2. The van der Waals surface area contributed by atoms with Crippen molar-refractivity contribution in [1.82, 2.24) is 10.6 Å². The first-order chi connectivity index (χ1) is 12.2. The highest BCUT2D eigenvalue weighted by molar-refractivity contribution is 5.80. The number of nitrogens with one attached hydrogen (secondary N) is 2. The molecule has 0 spiro atoms. The van der Waals surface area contributed by atoms with Crippen LogP contribution in [0.15, 0.2) is 54.6 Å². The zero-order chi connectivity index (χ0) is 17.9. The Kier molecular flexibility index (Phi) is 7.50. The lowest BCUT2D eigenvalue weighted by Gasteiger charge is -2.12. The van der Waals surface area contributed by atoms with Crippen molar-refractivity contribution in [3.63, 3.8) is 0 Å². The van der Waals surface area contributed by atoms with Crippen molar-refractivity contribution in [2.45, 2.75) is 19.8 Å². The van der Waals surface area contributed by atoms with Crippen molar-refractivity contribution in [2.75, 3.05) is 19.7 Å². The molecule has 5 nitrogen and oxygen atoms in total. The second-order valence-corrected chi connectivity index (χ2v) is 5.60. The van der Waals surface area contributed by atoms with Gasteiger partial charge in [0.15, 0.2) is 6.61 Å². The molecule has 2 aromatic carbocycles. The van der Waals surface area contributed by atoms with Crippen LogP contribution in [0.2, 0.25) is 0 Å². The molecule has 2 amide bonds. The third kappa shape index (κ3) is 6.30. The molecule has 0 saturated heterocycles. The van der Waals surface area contributed by atoms with Gasteiger partial charge in [-0.1, -0.05) is 55.5 Å². The molecule has 2 rings (SSSR count). The molecule has 25 heavy (non-hydrogen) atoms. The van der Waals surface area contributed by atoms with E-state index >= 15 is 0 Å². The Balaban J connectivity index is 1.82. The summed E-state index contributed by atoms with van der Waals surface area (Å²) in [5.74, 6) is 0.355. The Morgan fingerprint density at radius 1 is 0.880 bits per heavy atom. The van der Waals surface area contributed by atoms with E-state index in [1.165, 1.54) is 0 Å². The predicted octanol–water partition coefficient (Wildman–Crippen LogP) is 2.76. The van der Waals surface area contributed by atoms with Gasteiger partial charge in [-0.25, -0.2) is 0 Å². The van der Waals surface area contributed by atoms with Crippen LogP contribution >= 0.6 is 0 Å². The van der Waals surface area contributed by atoms with Crippen molar-refractivity contribution in [1.29, 1.82) is 0 Å². The topological polar surface area (TPSA) is 67.4 Å². The first-order valence-electron chi connectivity index (χ1n) is 8.51. The van der Waals surface area contributed by atoms with E-state index in [-0.39, 0.29) is 24.8 Å². The van der Waals surface area contributed by atoms with Crippen molar-refractivity contribution in [3.05, 3.63) is 54.6 Å². The van der Waals surface area contributed by atoms with Crippen LogP contribution in [-0.2, 0) is 9.59 Å². The van der Waals surface area contributed by atoms with Crippen molar-refractivity contribution < 1.29 is 14.3 Å². The second kappa shape index (κ2) is 10.1. The van der Waals surface area contributed by atoms with E-state index in [1.807, 2.05) is 61.5 Å². The maximum Gasteiger partial charge on any atom is 0.257 e. The fraction of sp³-hybridized carbons (Fsp3) is 0.300. The Morgan fingerprint density at radius 3 is 2.32 bits per heavy atom. The molecule has 0 aliphatic heterocycles. The molecule has 0 unspecified atom stereocenters. The van der Waals surface area contributed by atoms with Crippen LogP contribution in [-0.4, -0.2) is 31.5 Å². The smallest absolute Gasteiger partial charge is 0.257 e. The molecule has 132 valence electrons.